The summed E-state index contributed by atoms with van der Waals surface area (Å²) < 4.78 is 19.2. The number of ether oxygens (including phenoxy) is 1. The molecule has 3 rings (SSSR count). The molecular weight excluding hydrogens is 444 g/mol. The second-order valence-corrected chi connectivity index (χ2v) is 7.28. The van der Waals surface area contributed by atoms with E-state index in [4.69, 9.17) is 9.73 Å². The predicted molar refractivity (Wildman–Crippen MR) is 115 cm³/mol. The molecule has 26 heavy (non-hydrogen) atoms. The van der Waals surface area contributed by atoms with E-state index in [1.165, 1.54) is 18.9 Å². The summed E-state index contributed by atoms with van der Waals surface area (Å²) in [6, 6.07) is 6.96. The van der Waals surface area contributed by atoms with Crippen molar-refractivity contribution in [3.05, 3.63) is 35.6 Å². The van der Waals surface area contributed by atoms with Gasteiger partial charge in [0, 0.05) is 31.7 Å². The first-order chi connectivity index (χ1) is 12.2. The average Bonchev–Trinajstić information content (AvgIpc) is 3.51. The highest BCUT2D eigenvalue weighted by atomic mass is 127. The zero-order chi connectivity index (χ0) is 17.5. The van der Waals surface area contributed by atoms with Crippen molar-refractivity contribution in [3.8, 4) is 0 Å². The highest BCUT2D eigenvalue weighted by Gasteiger charge is 2.44. The first-order valence-electron chi connectivity index (χ1n) is 9.58. The summed E-state index contributed by atoms with van der Waals surface area (Å²) in [6.07, 6.45) is 5.81. The number of benzene rings is 1. The number of halogens is 2. The molecule has 6 heteroatoms. The Hall–Kier alpha value is -0.890. The molecule has 0 radical (unpaired) electrons. The normalized spacial score (nSPS) is 18.2. The van der Waals surface area contributed by atoms with Gasteiger partial charge in [-0.3, -0.25) is 4.99 Å². The standard InChI is InChI=1S/C20H30FN3O.HI/c1-2-22-19(23-11-4-12-25-14-16-7-8-16)24-15-20(9-10-20)17-5-3-6-18(21)13-17;/h3,5-6,13,16H,2,4,7-12,14-15H2,1H3,(H2,22,23,24);1H. The fourth-order valence-electron chi connectivity index (χ4n) is 2.99. The van der Waals surface area contributed by atoms with Crippen LogP contribution in [0.3, 0.4) is 0 Å². The van der Waals surface area contributed by atoms with Gasteiger partial charge in [-0.1, -0.05) is 12.1 Å². The SMILES string of the molecule is CCNC(=NCC1(c2cccc(F)c2)CC1)NCCCOCC1CC1.I. The second-order valence-electron chi connectivity index (χ2n) is 7.28. The molecule has 0 saturated heterocycles. The summed E-state index contributed by atoms with van der Waals surface area (Å²) in [6.45, 7) is 6.17. The summed E-state index contributed by atoms with van der Waals surface area (Å²) >= 11 is 0. The molecule has 0 heterocycles. The minimum atomic E-state index is -0.163. The van der Waals surface area contributed by atoms with Gasteiger partial charge in [-0.25, -0.2) is 4.39 Å². The van der Waals surface area contributed by atoms with Gasteiger partial charge in [0.1, 0.15) is 5.82 Å². The van der Waals surface area contributed by atoms with Gasteiger partial charge in [-0.15, -0.1) is 24.0 Å². The lowest BCUT2D eigenvalue weighted by molar-refractivity contribution is 0.123. The zero-order valence-electron chi connectivity index (χ0n) is 15.6. The molecule has 2 fully saturated rings. The lowest BCUT2D eigenvalue weighted by atomic mass is 9.96. The second kappa shape index (κ2) is 10.4. The molecular formula is C20H31FIN3O. The molecule has 0 amide bonds. The van der Waals surface area contributed by atoms with Crippen LogP contribution in [0.2, 0.25) is 0 Å². The molecule has 2 aliphatic carbocycles. The van der Waals surface area contributed by atoms with Gasteiger partial charge in [0.05, 0.1) is 6.54 Å². The number of nitrogens with zero attached hydrogens (tertiary/aromatic N) is 1. The van der Waals surface area contributed by atoms with E-state index in [-0.39, 0.29) is 35.2 Å². The Morgan fingerprint density at radius 2 is 2.12 bits per heavy atom. The highest BCUT2D eigenvalue weighted by molar-refractivity contribution is 14.0. The maximum Gasteiger partial charge on any atom is 0.191 e. The molecule has 0 bridgehead atoms. The predicted octanol–water partition coefficient (Wildman–Crippen LogP) is 3.85. The van der Waals surface area contributed by atoms with Gasteiger partial charge >= 0.3 is 0 Å². The van der Waals surface area contributed by atoms with Crippen molar-refractivity contribution in [3.63, 3.8) is 0 Å². The van der Waals surface area contributed by atoms with Gasteiger partial charge in [-0.2, -0.15) is 0 Å². The first-order valence-corrected chi connectivity index (χ1v) is 9.58. The van der Waals surface area contributed by atoms with Crippen molar-refractivity contribution >= 4 is 29.9 Å². The third kappa shape index (κ3) is 6.68. The lowest BCUT2D eigenvalue weighted by Gasteiger charge is -2.16. The van der Waals surface area contributed by atoms with E-state index in [9.17, 15) is 4.39 Å². The van der Waals surface area contributed by atoms with Crippen LogP contribution in [-0.4, -0.2) is 38.8 Å². The third-order valence-electron chi connectivity index (χ3n) is 4.98. The van der Waals surface area contributed by atoms with Crippen molar-refractivity contribution in [1.29, 1.82) is 0 Å². The Morgan fingerprint density at radius 3 is 2.77 bits per heavy atom. The highest BCUT2D eigenvalue weighted by Crippen LogP contribution is 2.48. The maximum absolute atomic E-state index is 13.5. The average molecular weight is 475 g/mol. The Morgan fingerprint density at radius 1 is 1.31 bits per heavy atom. The summed E-state index contributed by atoms with van der Waals surface area (Å²) in [4.78, 5) is 4.74. The zero-order valence-corrected chi connectivity index (χ0v) is 17.9. The van der Waals surface area contributed by atoms with Crippen LogP contribution in [0.25, 0.3) is 0 Å². The molecule has 2 saturated carbocycles. The number of nitrogens with one attached hydrogen (secondary N) is 2. The number of guanidine groups is 1. The molecule has 1 aromatic carbocycles. The van der Waals surface area contributed by atoms with Gasteiger partial charge in [0.15, 0.2) is 5.96 Å². The first kappa shape index (κ1) is 21.4. The number of aliphatic imine (C=N–C) groups is 1. The molecule has 1 aromatic rings. The number of hydrogen-bond donors (Lipinski definition) is 2. The lowest BCUT2D eigenvalue weighted by Crippen LogP contribution is -2.38. The van der Waals surface area contributed by atoms with Gasteiger partial charge in [-0.05, 0) is 62.6 Å². The minimum Gasteiger partial charge on any atom is -0.381 e. The Balaban J connectivity index is 0.00000243. The Kier molecular flexibility index (Phi) is 8.60. The molecule has 0 spiro atoms. The molecule has 0 atom stereocenters. The molecule has 2 aliphatic rings. The number of hydrogen-bond acceptors (Lipinski definition) is 2. The summed E-state index contributed by atoms with van der Waals surface area (Å²) in [5, 5.41) is 6.66. The molecule has 4 nitrogen and oxygen atoms in total. The van der Waals surface area contributed by atoms with Crippen LogP contribution in [0.5, 0.6) is 0 Å². The Bertz CT molecular complexity index is 588. The van der Waals surface area contributed by atoms with Gasteiger partial charge in [0.25, 0.3) is 0 Å². The molecule has 0 aromatic heterocycles. The topological polar surface area (TPSA) is 45.7 Å². The fourth-order valence-corrected chi connectivity index (χ4v) is 2.99. The van der Waals surface area contributed by atoms with Crippen LogP contribution < -0.4 is 10.6 Å². The van der Waals surface area contributed by atoms with E-state index in [1.807, 2.05) is 6.07 Å². The molecule has 146 valence electrons. The van der Waals surface area contributed by atoms with Crippen LogP contribution in [0.4, 0.5) is 4.39 Å². The van der Waals surface area contributed by atoms with Crippen molar-refractivity contribution in [1.82, 2.24) is 10.6 Å². The smallest absolute Gasteiger partial charge is 0.191 e. The molecule has 0 aliphatic heterocycles. The molecule has 0 unspecified atom stereocenters. The van der Waals surface area contributed by atoms with Crippen LogP contribution in [0.1, 0.15) is 44.6 Å². The Labute approximate surface area is 173 Å². The van der Waals surface area contributed by atoms with E-state index < -0.39 is 0 Å². The monoisotopic (exact) mass is 475 g/mol. The summed E-state index contributed by atoms with van der Waals surface area (Å²) in [7, 11) is 0. The largest absolute Gasteiger partial charge is 0.381 e. The van der Waals surface area contributed by atoms with Gasteiger partial charge in [0.2, 0.25) is 0 Å². The van der Waals surface area contributed by atoms with E-state index in [0.29, 0.717) is 6.54 Å². The van der Waals surface area contributed by atoms with Crippen molar-refractivity contribution < 1.29 is 9.13 Å². The number of rotatable bonds is 10. The molecule has 2 N–H and O–H groups in total. The quantitative estimate of drug-likeness (QED) is 0.234. The van der Waals surface area contributed by atoms with E-state index in [2.05, 4.69) is 17.6 Å². The van der Waals surface area contributed by atoms with E-state index in [1.54, 1.807) is 12.1 Å². The van der Waals surface area contributed by atoms with Gasteiger partial charge < -0.3 is 15.4 Å². The fraction of sp³-hybridized carbons (Fsp3) is 0.650. The van der Waals surface area contributed by atoms with E-state index >= 15 is 0 Å². The minimum absolute atomic E-state index is 0. The van der Waals surface area contributed by atoms with Crippen LogP contribution >= 0.6 is 24.0 Å². The van der Waals surface area contributed by atoms with E-state index in [0.717, 1.165) is 63.0 Å². The van der Waals surface area contributed by atoms with Crippen LogP contribution in [0, 0.1) is 11.7 Å². The summed E-state index contributed by atoms with van der Waals surface area (Å²) in [5.41, 5.74) is 1.10. The van der Waals surface area contributed by atoms with Crippen LogP contribution in [-0.2, 0) is 10.2 Å². The van der Waals surface area contributed by atoms with Crippen molar-refractivity contribution in [2.45, 2.75) is 44.4 Å². The summed E-state index contributed by atoms with van der Waals surface area (Å²) in [5.74, 6) is 1.50. The third-order valence-corrected chi connectivity index (χ3v) is 4.98. The maximum atomic E-state index is 13.5. The van der Waals surface area contributed by atoms with Crippen molar-refractivity contribution in [2.75, 3.05) is 32.8 Å². The van der Waals surface area contributed by atoms with Crippen molar-refractivity contribution in [2.24, 2.45) is 10.9 Å². The van der Waals surface area contributed by atoms with Crippen LogP contribution in [0.15, 0.2) is 29.3 Å².